The Hall–Kier alpha value is -5.72. The minimum Gasteiger partial charge on any atom is -0.444 e. The maximum Gasteiger partial charge on any atom is 0.410 e. The molecule has 4 fully saturated rings. The molecule has 2 unspecified atom stereocenters. The number of piperidine rings is 4. The van der Waals surface area contributed by atoms with Gasteiger partial charge in [0, 0.05) is 81.3 Å². The molecule has 0 aromatic heterocycles. The highest BCUT2D eigenvalue weighted by Gasteiger charge is 2.33. The van der Waals surface area contributed by atoms with Gasteiger partial charge in [-0.05, 0) is 257 Å². The third-order valence-corrected chi connectivity index (χ3v) is 16.4. The lowest BCUT2D eigenvalue weighted by molar-refractivity contribution is -0.112. The van der Waals surface area contributed by atoms with Gasteiger partial charge < -0.3 is 59.5 Å². The second-order valence-corrected chi connectivity index (χ2v) is 34.0. The number of amides is 4. The number of hydrogen-bond acceptors (Lipinski definition) is 12. The molecule has 0 bridgehead atoms. The van der Waals surface area contributed by atoms with E-state index >= 15 is 0 Å². The van der Waals surface area contributed by atoms with E-state index < -0.39 is 59.7 Å². The van der Waals surface area contributed by atoms with Crippen LogP contribution in [0.1, 0.15) is 159 Å². The third-order valence-electron chi connectivity index (χ3n) is 14.9. The fraction of sp³-hybridized carbons (Fsp3) is 0.652. The summed E-state index contributed by atoms with van der Waals surface area (Å²) in [7, 11) is -1.35. The highest BCUT2D eigenvalue weighted by atomic mass is 79.9. The van der Waals surface area contributed by atoms with Crippen LogP contribution in [-0.2, 0) is 41.9 Å². The Labute approximate surface area is 559 Å². The number of carbonyl (C=O) groups excluding carboxylic acids is 5. The first kappa shape index (κ1) is 83.4. The largest absolute Gasteiger partial charge is 0.444 e. The Morgan fingerprint density at radius 1 is 0.495 bits per heavy atom. The minimum atomic E-state index is -1.35. The van der Waals surface area contributed by atoms with Crippen LogP contribution in [-0.4, -0.2) is 152 Å². The molecule has 4 aliphatic heterocycles. The Morgan fingerprint density at radius 3 is 1.00 bits per heavy atom. The van der Waals surface area contributed by atoms with Crippen molar-refractivity contribution in [3.05, 3.63) is 106 Å². The van der Waals surface area contributed by atoms with Crippen molar-refractivity contribution in [2.45, 2.75) is 214 Å². The summed E-state index contributed by atoms with van der Waals surface area (Å²) in [5.74, 6) is -1.59. The van der Waals surface area contributed by atoms with Crippen molar-refractivity contribution in [1.29, 1.82) is 0 Å². The highest BCUT2D eigenvalue weighted by Crippen LogP contribution is 2.28. The van der Waals surface area contributed by atoms with Crippen LogP contribution in [0.25, 0.3) is 0 Å². The van der Waals surface area contributed by atoms with E-state index in [1.165, 1.54) is 18.2 Å². The summed E-state index contributed by atoms with van der Waals surface area (Å²) < 4.78 is 105. The van der Waals surface area contributed by atoms with Crippen molar-refractivity contribution in [2.24, 2.45) is 39.8 Å². The number of alkyl halides is 1. The summed E-state index contributed by atoms with van der Waals surface area (Å²) in [5.41, 5.74) is 11.5. The predicted molar refractivity (Wildman–Crippen MR) is 362 cm³/mol. The second kappa shape index (κ2) is 38.1. The van der Waals surface area contributed by atoms with Gasteiger partial charge in [0.2, 0.25) is 0 Å². The van der Waals surface area contributed by atoms with E-state index in [1.54, 1.807) is 14.7 Å². The summed E-state index contributed by atoms with van der Waals surface area (Å²) in [4.78, 5) is 65.0. The molecule has 24 heteroatoms. The molecule has 526 valence electrons. The summed E-state index contributed by atoms with van der Waals surface area (Å²) in [6.07, 6.45) is 9.03. The van der Waals surface area contributed by atoms with Crippen LogP contribution in [0, 0.1) is 58.6 Å². The first-order chi connectivity index (χ1) is 42.5. The van der Waals surface area contributed by atoms with Crippen molar-refractivity contribution in [3.8, 4) is 0 Å². The van der Waals surface area contributed by atoms with Crippen LogP contribution in [0.4, 0.5) is 45.5 Å². The number of likely N-dealkylation sites (tertiary alicyclic amines) is 4. The van der Waals surface area contributed by atoms with Gasteiger partial charge in [-0.15, -0.1) is 0 Å². The van der Waals surface area contributed by atoms with Gasteiger partial charge in [-0.2, -0.15) is 0 Å². The average molecular weight is 1400 g/mol. The number of nitrogens with two attached hydrogens (primary N) is 2. The first-order valence-electron chi connectivity index (χ1n) is 31.8. The second-order valence-electron chi connectivity index (χ2n) is 28.9. The standard InChI is InChI=1S/2C18H26F2N2O2.C14H28N2O2Si.C11H19NO3.C7H5BrF2.CH4/c2*1-18(2,3)24-17(23)22-8-6-12(7-9-22)16(21)11-13-10-14(19)4-5-15(13)20;1-14(2,3)18-13(17)16-9-7-12(8-10-16)11-15-19(4,5)6;1-11(2,3)15-10(14)12-6-4-9(8-13)5-7-12;8-4-5-3-6(9)1-2-7(5)10;/h2*4-5,10,12,16H,6-9,11,21H2,1-3H3;11-12H,7-10H2,1-6H3;8-9H,4-7H2,1-3H3;1-3H,4H2;1H4. The molecule has 0 spiro atoms. The number of ether oxygens (including phenoxy) is 4. The molecule has 4 saturated heterocycles. The van der Waals surface area contributed by atoms with Crippen LogP contribution in [0.15, 0.2) is 59.3 Å². The number of halogens is 7. The van der Waals surface area contributed by atoms with Crippen molar-refractivity contribution < 1.29 is 69.3 Å². The molecule has 2 atom stereocenters. The molecule has 3 aromatic rings. The molecule has 4 amide bonds. The molecule has 4 aliphatic rings. The van der Waals surface area contributed by atoms with Crippen LogP contribution in [0.5, 0.6) is 0 Å². The number of benzene rings is 3. The number of carbonyl (C=O) groups is 5. The van der Waals surface area contributed by atoms with Gasteiger partial charge in [0.05, 0.1) is 0 Å². The first-order valence-corrected chi connectivity index (χ1v) is 36.4. The zero-order chi connectivity index (χ0) is 69.5. The Morgan fingerprint density at radius 2 is 0.753 bits per heavy atom. The molecule has 4 N–H and O–H groups in total. The predicted octanol–water partition coefficient (Wildman–Crippen LogP) is 15.8. The lowest BCUT2D eigenvalue weighted by atomic mass is 9.86. The lowest BCUT2D eigenvalue weighted by Crippen LogP contribution is -2.45. The fourth-order valence-corrected chi connectivity index (χ4v) is 11.1. The topological polar surface area (TPSA) is 200 Å². The smallest absolute Gasteiger partial charge is 0.410 e. The Bertz CT molecular complexity index is 2730. The lowest BCUT2D eigenvalue weighted by Gasteiger charge is -2.35. The molecular formula is C69H108BrF6N7O9Si. The van der Waals surface area contributed by atoms with E-state index in [4.69, 9.17) is 30.4 Å². The molecule has 0 saturated carbocycles. The van der Waals surface area contributed by atoms with Gasteiger partial charge in [0.15, 0.2) is 8.24 Å². The number of aldehydes is 1. The van der Waals surface area contributed by atoms with Gasteiger partial charge in [-0.3, -0.25) is 0 Å². The van der Waals surface area contributed by atoms with Gasteiger partial charge in [0.25, 0.3) is 0 Å². The van der Waals surface area contributed by atoms with Crippen LogP contribution < -0.4 is 11.5 Å². The zero-order valence-corrected chi connectivity index (χ0v) is 59.5. The highest BCUT2D eigenvalue weighted by molar-refractivity contribution is 9.08. The number of nitrogens with zero attached hydrogens (tertiary/aromatic N) is 5. The summed E-state index contributed by atoms with van der Waals surface area (Å²) >= 11 is 3.04. The molecule has 93 heavy (non-hydrogen) atoms. The van der Waals surface area contributed by atoms with Gasteiger partial charge >= 0.3 is 24.4 Å². The SMILES string of the molecule is C.CC(C)(C)OC(=O)N1CCC(C(N)Cc2cc(F)ccc2F)CC1.CC(C)(C)OC(=O)N1CCC(C(N)Cc2cc(F)ccc2F)CC1.CC(C)(C)OC(=O)N1CCC(C=N[Si](C)(C)C)CC1.CC(C)(C)OC(=O)N1CCC(C=O)CC1.Fc1ccc(F)c(CBr)c1. The molecule has 0 radical (unpaired) electrons. The minimum absolute atomic E-state index is 0. The Kier molecular flexibility index (Phi) is 34.2. The van der Waals surface area contributed by atoms with E-state index in [0.29, 0.717) is 80.0 Å². The molecule has 3 aromatic carbocycles. The van der Waals surface area contributed by atoms with Crippen molar-refractivity contribution in [1.82, 2.24) is 19.6 Å². The molecule has 0 aliphatic carbocycles. The normalized spacial score (nSPS) is 17.1. The van der Waals surface area contributed by atoms with Crippen molar-refractivity contribution in [3.63, 3.8) is 0 Å². The van der Waals surface area contributed by atoms with Crippen LogP contribution in [0.3, 0.4) is 0 Å². The molecule has 7 rings (SSSR count). The third kappa shape index (κ3) is 33.5. The van der Waals surface area contributed by atoms with Crippen LogP contribution in [0.2, 0.25) is 19.6 Å². The molecule has 4 heterocycles. The maximum absolute atomic E-state index is 13.7. The summed E-state index contributed by atoms with van der Waals surface area (Å²) in [6, 6.07) is 9.72. The molecular weight excluding hydrogens is 1290 g/mol. The van der Waals surface area contributed by atoms with Gasteiger partial charge in [0.1, 0.15) is 63.6 Å². The molecule has 16 nitrogen and oxygen atoms in total. The van der Waals surface area contributed by atoms with Crippen molar-refractivity contribution in [2.75, 3.05) is 52.4 Å². The Balaban J connectivity index is 0.000000406. The maximum atomic E-state index is 13.7. The van der Waals surface area contributed by atoms with E-state index in [1.807, 2.05) is 88.0 Å². The quantitative estimate of drug-likeness (QED) is 0.0489. The number of hydrogen-bond donors (Lipinski definition) is 2. The fourth-order valence-electron chi connectivity index (χ4n) is 9.99. The van der Waals surface area contributed by atoms with Crippen molar-refractivity contribution >= 4 is 61.0 Å². The zero-order valence-electron chi connectivity index (χ0n) is 57.0. The van der Waals surface area contributed by atoms with E-state index in [-0.39, 0.29) is 67.5 Å². The van der Waals surface area contributed by atoms with E-state index in [9.17, 15) is 50.3 Å². The summed E-state index contributed by atoms with van der Waals surface area (Å²) in [5, 5.41) is 0.344. The van der Waals surface area contributed by atoms with Gasteiger partial charge in [-0.25, -0.2) is 45.5 Å². The average Bonchev–Trinajstić information content (AvgIpc) is 1.09. The van der Waals surface area contributed by atoms with E-state index in [2.05, 4.69) is 46.4 Å². The van der Waals surface area contributed by atoms with Gasteiger partial charge in [-0.1, -0.05) is 23.4 Å². The van der Waals surface area contributed by atoms with E-state index in [0.717, 1.165) is 107 Å². The monoisotopic (exact) mass is 1400 g/mol. The number of rotatable bonds is 10. The van der Waals surface area contributed by atoms with Crippen LogP contribution >= 0.6 is 15.9 Å². The summed E-state index contributed by atoms with van der Waals surface area (Å²) in [6.45, 7) is 34.0.